The lowest BCUT2D eigenvalue weighted by molar-refractivity contribution is -0.136. The van der Waals surface area contributed by atoms with Gasteiger partial charge in [-0.1, -0.05) is 0 Å². The first-order valence-electron chi connectivity index (χ1n) is 12.6. The summed E-state index contributed by atoms with van der Waals surface area (Å²) in [5, 5.41) is 12.3. The van der Waals surface area contributed by atoms with Gasteiger partial charge < -0.3 is 25.6 Å². The Bertz CT molecular complexity index is 1170. The quantitative estimate of drug-likeness (QED) is 0.582. The van der Waals surface area contributed by atoms with Gasteiger partial charge in [0, 0.05) is 30.4 Å². The first-order chi connectivity index (χ1) is 17.5. The first-order valence-corrected chi connectivity index (χ1v) is 12.6. The summed E-state index contributed by atoms with van der Waals surface area (Å²) in [7, 11) is 0. The molecular formula is C26H32N6O5. The normalized spacial score (nSPS) is 29.0. The molecule has 0 aromatic heterocycles. The average Bonchev–Trinajstić information content (AvgIpc) is 3.15. The van der Waals surface area contributed by atoms with Crippen LogP contribution in [0.3, 0.4) is 0 Å². The zero-order chi connectivity index (χ0) is 26.6. The Hall–Kier alpha value is -3.65. The largest absolute Gasteiger partial charge is 0.444 e. The minimum absolute atomic E-state index is 0.0376. The van der Waals surface area contributed by atoms with Gasteiger partial charge >= 0.3 is 6.09 Å². The number of likely N-dealkylation sites (tertiary alicyclic amines) is 2. The van der Waals surface area contributed by atoms with Crippen LogP contribution in [0.1, 0.15) is 50.4 Å². The number of fused-ring (bicyclic) bond motifs is 3. The monoisotopic (exact) mass is 508 g/mol. The topological polar surface area (TPSA) is 149 Å². The smallest absolute Gasteiger partial charge is 0.408 e. The summed E-state index contributed by atoms with van der Waals surface area (Å²) in [6.45, 7) is 5.90. The van der Waals surface area contributed by atoms with Crippen molar-refractivity contribution in [2.75, 3.05) is 18.0 Å². The number of rotatable bonds is 6. The molecule has 1 saturated carbocycles. The molecule has 4 aliphatic rings. The lowest BCUT2D eigenvalue weighted by Gasteiger charge is -2.36. The molecule has 11 nitrogen and oxygen atoms in total. The number of hydrogen-bond donors (Lipinski definition) is 2. The van der Waals surface area contributed by atoms with Crippen LogP contribution < -0.4 is 16.0 Å². The van der Waals surface area contributed by atoms with Crippen molar-refractivity contribution in [1.29, 1.82) is 5.26 Å². The van der Waals surface area contributed by atoms with Crippen LogP contribution in [0.15, 0.2) is 24.3 Å². The van der Waals surface area contributed by atoms with Crippen LogP contribution in [-0.4, -0.2) is 82.5 Å². The van der Waals surface area contributed by atoms with E-state index in [1.165, 1.54) is 0 Å². The number of hydrogen-bond acceptors (Lipinski definition) is 7. The van der Waals surface area contributed by atoms with E-state index < -0.39 is 35.7 Å². The van der Waals surface area contributed by atoms with Crippen molar-refractivity contribution >= 4 is 29.5 Å². The number of nitrogens with two attached hydrogens (primary N) is 1. The van der Waals surface area contributed by atoms with E-state index in [0.29, 0.717) is 36.6 Å². The highest BCUT2D eigenvalue weighted by Crippen LogP contribution is 2.48. The van der Waals surface area contributed by atoms with Crippen molar-refractivity contribution in [3.05, 3.63) is 29.8 Å². The second-order valence-electron chi connectivity index (χ2n) is 11.4. The number of benzene rings is 1. The fraction of sp³-hybridized carbons (Fsp3) is 0.577. The zero-order valence-electron chi connectivity index (χ0n) is 21.2. The summed E-state index contributed by atoms with van der Waals surface area (Å²) < 4.78 is 5.41. The van der Waals surface area contributed by atoms with Crippen molar-refractivity contribution in [1.82, 2.24) is 15.1 Å². The number of nitriles is 1. The van der Waals surface area contributed by atoms with Crippen LogP contribution in [0.5, 0.6) is 0 Å². The molecule has 3 N–H and O–H groups in total. The summed E-state index contributed by atoms with van der Waals surface area (Å²) >= 11 is 0. The molecule has 37 heavy (non-hydrogen) atoms. The van der Waals surface area contributed by atoms with Crippen LogP contribution in [0.2, 0.25) is 0 Å². The highest BCUT2D eigenvalue weighted by molar-refractivity contribution is 6.02. The van der Waals surface area contributed by atoms with Crippen LogP contribution in [0.4, 0.5) is 10.5 Å². The molecule has 0 spiro atoms. The van der Waals surface area contributed by atoms with Crippen molar-refractivity contribution in [3.63, 3.8) is 0 Å². The van der Waals surface area contributed by atoms with Gasteiger partial charge in [-0.05, 0) is 70.2 Å². The first kappa shape index (κ1) is 25.0. The van der Waals surface area contributed by atoms with Crippen LogP contribution in [0, 0.1) is 17.2 Å². The minimum atomic E-state index is -0.944. The molecule has 4 fully saturated rings. The molecule has 0 unspecified atom stereocenters. The highest BCUT2D eigenvalue weighted by atomic mass is 16.6. The molecule has 5 rings (SSSR count). The molecule has 196 valence electrons. The fourth-order valence-corrected chi connectivity index (χ4v) is 5.93. The van der Waals surface area contributed by atoms with E-state index in [2.05, 4.69) is 11.4 Å². The molecule has 6 atom stereocenters. The van der Waals surface area contributed by atoms with Crippen LogP contribution in [-0.2, 0) is 14.3 Å². The Kier molecular flexibility index (Phi) is 6.10. The Labute approximate surface area is 215 Å². The second kappa shape index (κ2) is 9.03. The Morgan fingerprint density at radius 3 is 2.49 bits per heavy atom. The number of carbonyl (C=O) groups excluding carboxylic acids is 4. The van der Waals surface area contributed by atoms with Gasteiger partial charge in [-0.2, -0.15) is 5.26 Å². The molecule has 3 saturated heterocycles. The third-order valence-electron chi connectivity index (χ3n) is 7.61. The van der Waals surface area contributed by atoms with E-state index in [1.54, 1.807) is 54.8 Å². The lowest BCUT2D eigenvalue weighted by Crippen LogP contribution is -2.59. The van der Waals surface area contributed by atoms with Crippen molar-refractivity contribution in [2.45, 2.75) is 75.8 Å². The number of nitrogens with zero attached hydrogens (tertiary/aromatic N) is 4. The second-order valence-corrected chi connectivity index (χ2v) is 11.4. The minimum Gasteiger partial charge on any atom is -0.444 e. The maximum absolute atomic E-state index is 13.6. The summed E-state index contributed by atoms with van der Waals surface area (Å²) in [5.74, 6) is -0.592. The van der Waals surface area contributed by atoms with Gasteiger partial charge in [-0.25, -0.2) is 4.79 Å². The molecule has 0 radical (unpaired) electrons. The Balaban J connectivity index is 1.31. The van der Waals surface area contributed by atoms with E-state index in [0.717, 1.165) is 6.42 Å². The zero-order valence-corrected chi connectivity index (χ0v) is 21.2. The van der Waals surface area contributed by atoms with E-state index in [9.17, 15) is 24.4 Å². The van der Waals surface area contributed by atoms with Crippen LogP contribution in [0.25, 0.3) is 0 Å². The number of anilines is 1. The predicted octanol–water partition coefficient (Wildman–Crippen LogP) is 0.981. The Morgan fingerprint density at radius 1 is 1.19 bits per heavy atom. The molecule has 1 aromatic carbocycles. The fourth-order valence-electron chi connectivity index (χ4n) is 5.93. The summed E-state index contributed by atoms with van der Waals surface area (Å²) in [5.41, 5.74) is 5.64. The summed E-state index contributed by atoms with van der Waals surface area (Å²) in [6.07, 6.45) is 1.42. The van der Waals surface area contributed by atoms with E-state index in [1.807, 2.05) is 4.90 Å². The third-order valence-corrected chi connectivity index (χ3v) is 7.61. The average molecular weight is 509 g/mol. The number of nitrogens with one attached hydrogen (secondary N) is 1. The number of ether oxygens (including phenoxy) is 1. The summed E-state index contributed by atoms with van der Waals surface area (Å²) in [6, 6.07) is 6.89. The molecular weight excluding hydrogens is 476 g/mol. The summed E-state index contributed by atoms with van der Waals surface area (Å²) in [4.78, 5) is 56.3. The maximum Gasteiger partial charge on any atom is 0.408 e. The number of primary amides is 1. The number of amides is 4. The molecule has 1 aliphatic carbocycles. The standard InChI is InChI=1S/C26H32N6O5/c1-26(2,3)37-25(36)29-19(23(34)32-17(11-27)8-15-9-20(15)32)13-30-12-18-10-21(30)24(35)31(18)16-6-4-14(5-7-16)22(28)33/h4-7,15,17-21H,8-10,12-13H2,1-3H3,(H2,28,33)(H,29,36)/t15-,17+,18+,19+,20+,21+/m1/s1. The van der Waals surface area contributed by atoms with Crippen molar-refractivity contribution in [3.8, 4) is 6.07 Å². The van der Waals surface area contributed by atoms with E-state index >= 15 is 0 Å². The molecule has 3 aliphatic heterocycles. The molecule has 3 heterocycles. The van der Waals surface area contributed by atoms with Gasteiger partial charge in [0.25, 0.3) is 0 Å². The number of piperazine rings is 1. The van der Waals surface area contributed by atoms with E-state index in [-0.39, 0.29) is 30.4 Å². The number of piperidine rings is 1. The van der Waals surface area contributed by atoms with E-state index in [4.69, 9.17) is 10.5 Å². The third kappa shape index (κ3) is 4.73. The maximum atomic E-state index is 13.6. The van der Waals surface area contributed by atoms with Crippen molar-refractivity contribution < 1.29 is 23.9 Å². The van der Waals surface area contributed by atoms with Gasteiger partial charge in [-0.3, -0.25) is 19.3 Å². The highest BCUT2D eigenvalue weighted by Gasteiger charge is 2.56. The predicted molar refractivity (Wildman–Crippen MR) is 132 cm³/mol. The number of carbonyl (C=O) groups is 4. The van der Waals surface area contributed by atoms with Gasteiger partial charge in [0.05, 0.1) is 18.2 Å². The van der Waals surface area contributed by atoms with Gasteiger partial charge in [0.2, 0.25) is 17.7 Å². The molecule has 11 heteroatoms. The lowest BCUT2D eigenvalue weighted by atomic mass is 10.1. The number of alkyl carbamates (subject to hydrolysis) is 1. The van der Waals surface area contributed by atoms with Crippen molar-refractivity contribution in [2.24, 2.45) is 11.7 Å². The van der Waals surface area contributed by atoms with Gasteiger partial charge in [0.1, 0.15) is 17.7 Å². The molecule has 4 amide bonds. The van der Waals surface area contributed by atoms with Crippen LogP contribution >= 0.6 is 0 Å². The molecule has 1 aromatic rings. The van der Waals surface area contributed by atoms with Gasteiger partial charge in [-0.15, -0.1) is 0 Å². The van der Waals surface area contributed by atoms with Gasteiger partial charge in [0.15, 0.2) is 0 Å². The SMILES string of the molecule is CC(C)(C)OC(=O)N[C@@H](CN1C[C@@H]2C[C@H]1C(=O)N2c1ccc(C(N)=O)cc1)C(=O)N1[C@H](C#N)C[C@@H]2C[C@@H]21. The Morgan fingerprint density at radius 2 is 1.89 bits per heavy atom. The molecule has 2 bridgehead atoms.